The Morgan fingerprint density at radius 2 is 1.91 bits per heavy atom. The van der Waals surface area contributed by atoms with Crippen molar-refractivity contribution in [2.45, 2.75) is 40.0 Å². The van der Waals surface area contributed by atoms with Crippen molar-refractivity contribution < 1.29 is 31.4 Å². The molecule has 5 heteroatoms. The Bertz CT molecular complexity index is 1420. The van der Waals surface area contributed by atoms with Crippen LogP contribution < -0.4 is 0 Å². The molecule has 1 radical (unpaired) electrons. The van der Waals surface area contributed by atoms with Crippen LogP contribution in [0.5, 0.6) is 0 Å². The molecule has 1 aliphatic carbocycles. The summed E-state index contributed by atoms with van der Waals surface area (Å²) >= 11 is 0. The standard InChI is InChI=1S/C22H17N2.C5H8O2.Ir/c1-13-10-14-8-9-23-21-16-12-24-18-7-5-4-6-15(18)20(16)22(2,3)17(11-13)19(14)21;1-4(6)3-5(2)7;/h4-11H,1-3H3;3,6H,1-2H3;/q-1;;/b;4-3-;/i;3D;. The topological polar surface area (TPSA) is 63.1 Å². The molecule has 4 nitrogen and oxygen atoms in total. The predicted octanol–water partition coefficient (Wildman–Crippen LogP) is 6.23. The van der Waals surface area contributed by atoms with E-state index in [0.29, 0.717) is 0 Å². The van der Waals surface area contributed by atoms with Gasteiger partial charge in [-0.05, 0) is 66.0 Å². The summed E-state index contributed by atoms with van der Waals surface area (Å²) < 4.78 is 6.76. The monoisotopic (exact) mass is 603 g/mol. The van der Waals surface area contributed by atoms with E-state index in [-0.39, 0.29) is 37.3 Å². The van der Waals surface area contributed by atoms with Crippen molar-refractivity contribution in [1.82, 2.24) is 9.97 Å². The van der Waals surface area contributed by atoms with Gasteiger partial charge in [0.2, 0.25) is 0 Å². The third kappa shape index (κ3) is 4.11. The molecule has 1 N–H and O–H groups in total. The summed E-state index contributed by atoms with van der Waals surface area (Å²) in [4.78, 5) is 19.5. The summed E-state index contributed by atoms with van der Waals surface area (Å²) in [5, 5.41) is 12.1. The quantitative estimate of drug-likeness (QED) is 0.159. The van der Waals surface area contributed by atoms with E-state index >= 15 is 0 Å². The second kappa shape index (κ2) is 8.93. The van der Waals surface area contributed by atoms with Crippen LogP contribution >= 0.6 is 0 Å². The van der Waals surface area contributed by atoms with Crippen LogP contribution in [0.4, 0.5) is 0 Å². The average molecular weight is 603 g/mol. The van der Waals surface area contributed by atoms with Gasteiger partial charge in [-0.2, -0.15) is 0 Å². The first-order chi connectivity index (χ1) is 15.1. The van der Waals surface area contributed by atoms with Gasteiger partial charge in [0.1, 0.15) is 0 Å². The van der Waals surface area contributed by atoms with Crippen molar-refractivity contribution in [3.05, 3.63) is 83.4 Å². The minimum atomic E-state index is -0.412. The number of aliphatic hydroxyl groups excluding tert-OH is 1. The fourth-order valence-corrected chi connectivity index (χ4v) is 4.45. The van der Waals surface area contributed by atoms with Gasteiger partial charge in [-0.3, -0.25) is 4.79 Å². The largest absolute Gasteiger partial charge is 0.512 e. The van der Waals surface area contributed by atoms with Gasteiger partial charge < -0.3 is 15.1 Å². The van der Waals surface area contributed by atoms with Gasteiger partial charge in [0.25, 0.3) is 0 Å². The summed E-state index contributed by atoms with van der Waals surface area (Å²) in [6.07, 6.45) is 5.19. The number of fused-ring (bicyclic) bond motifs is 4. The second-order valence-corrected chi connectivity index (χ2v) is 8.45. The van der Waals surface area contributed by atoms with E-state index in [1.54, 1.807) is 0 Å². The maximum Gasteiger partial charge on any atom is 0.155 e. The van der Waals surface area contributed by atoms with E-state index in [4.69, 9.17) is 11.5 Å². The first kappa shape index (κ1) is 22.3. The van der Waals surface area contributed by atoms with Crippen molar-refractivity contribution in [3.63, 3.8) is 0 Å². The number of benzene rings is 2. The molecular formula is C27H25IrN2O2-. The number of aliphatic hydroxyl groups is 1. The van der Waals surface area contributed by atoms with Crippen LogP contribution in [0.15, 0.2) is 60.5 Å². The number of pyridine rings is 2. The molecule has 0 saturated heterocycles. The molecule has 32 heavy (non-hydrogen) atoms. The molecule has 0 fully saturated rings. The Kier molecular flexibility index (Phi) is 6.23. The first-order valence-corrected chi connectivity index (χ1v) is 10.2. The van der Waals surface area contributed by atoms with E-state index < -0.39 is 5.78 Å². The smallest absolute Gasteiger partial charge is 0.155 e. The Balaban J connectivity index is 0.000000297. The molecule has 2 aromatic heterocycles. The number of carbonyl (C=O) groups is 1. The Morgan fingerprint density at radius 3 is 2.56 bits per heavy atom. The summed E-state index contributed by atoms with van der Waals surface area (Å²) in [5.74, 6) is -0.637. The van der Waals surface area contributed by atoms with Crippen molar-refractivity contribution in [2.24, 2.45) is 0 Å². The van der Waals surface area contributed by atoms with Crippen LogP contribution in [-0.4, -0.2) is 20.9 Å². The normalized spacial score (nSPS) is 14.3. The van der Waals surface area contributed by atoms with Gasteiger partial charge in [0.05, 0.1) is 7.13 Å². The molecule has 4 aromatic rings. The van der Waals surface area contributed by atoms with Crippen LogP contribution in [-0.2, 0) is 30.3 Å². The number of hydrogen-bond acceptors (Lipinski definition) is 4. The van der Waals surface area contributed by atoms with Gasteiger partial charge in [-0.15, -0.1) is 11.1 Å². The summed E-state index contributed by atoms with van der Waals surface area (Å²) in [5.41, 5.74) is 6.84. The van der Waals surface area contributed by atoms with Crippen LogP contribution in [0.3, 0.4) is 0 Å². The predicted molar refractivity (Wildman–Crippen MR) is 125 cm³/mol. The van der Waals surface area contributed by atoms with Crippen molar-refractivity contribution >= 4 is 27.5 Å². The zero-order valence-corrected chi connectivity index (χ0v) is 21.1. The van der Waals surface area contributed by atoms with Crippen molar-refractivity contribution in [1.29, 1.82) is 0 Å². The number of para-hydroxylation sites is 1. The average Bonchev–Trinajstić information content (AvgIpc) is 2.76. The zero-order chi connectivity index (χ0) is 23.2. The molecule has 0 amide bonds. The molecule has 2 heterocycles. The van der Waals surface area contributed by atoms with E-state index in [2.05, 4.69) is 68.4 Å². The maximum atomic E-state index is 10.2. The van der Waals surface area contributed by atoms with Crippen molar-refractivity contribution in [2.75, 3.05) is 0 Å². The number of rotatable bonds is 1. The third-order valence-electron chi connectivity index (χ3n) is 5.61. The van der Waals surface area contributed by atoms with Gasteiger partial charge >= 0.3 is 0 Å². The fourth-order valence-electron chi connectivity index (χ4n) is 4.45. The number of allylic oxidation sites excluding steroid dienone is 2. The first-order valence-electron chi connectivity index (χ1n) is 10.7. The minimum Gasteiger partial charge on any atom is -0.512 e. The Morgan fingerprint density at radius 1 is 1.19 bits per heavy atom. The summed E-state index contributed by atoms with van der Waals surface area (Å²) in [7, 11) is 0. The van der Waals surface area contributed by atoms with Crippen LogP contribution in [0, 0.1) is 13.1 Å². The molecule has 5 rings (SSSR count). The molecule has 0 saturated carbocycles. The van der Waals surface area contributed by atoms with Gasteiger partial charge in [0, 0.05) is 32.4 Å². The number of aryl methyl sites for hydroxylation is 1. The molecule has 0 unspecified atom stereocenters. The molecule has 0 atom stereocenters. The minimum absolute atomic E-state index is 0. The third-order valence-corrected chi connectivity index (χ3v) is 5.61. The maximum absolute atomic E-state index is 10.2. The fraction of sp³-hybridized carbons (Fsp3) is 0.222. The molecule has 0 aliphatic heterocycles. The van der Waals surface area contributed by atoms with Crippen molar-refractivity contribution in [3.8, 4) is 11.3 Å². The zero-order valence-electron chi connectivity index (χ0n) is 19.7. The molecule has 0 spiro atoms. The van der Waals surface area contributed by atoms with Crippen LogP contribution in [0.1, 0.15) is 45.8 Å². The van der Waals surface area contributed by atoms with E-state index in [1.807, 2.05) is 12.3 Å². The SMILES string of the molecule is Cc1cc2c3c(nccc3c1)-c1[c-]nc3ccccc3c1C2(C)C.[2H]/C(C(C)=O)=C(\C)O.[Ir]. The summed E-state index contributed by atoms with van der Waals surface area (Å²) in [6.45, 7) is 9.32. The second-order valence-electron chi connectivity index (χ2n) is 8.45. The van der Waals surface area contributed by atoms with E-state index in [1.165, 1.54) is 46.7 Å². The van der Waals surface area contributed by atoms with Gasteiger partial charge in [-0.1, -0.05) is 61.2 Å². The number of aromatic nitrogens is 2. The number of nitrogens with zero attached hydrogens (tertiary/aromatic N) is 2. The molecule has 2 aromatic carbocycles. The summed E-state index contributed by atoms with van der Waals surface area (Å²) in [6, 6.07) is 14.7. The number of ketones is 1. The van der Waals surface area contributed by atoms with E-state index in [9.17, 15) is 4.79 Å². The molecular weight excluding hydrogens is 577 g/mol. The molecule has 0 bridgehead atoms. The Hall–Kier alpha value is -2.88. The molecule has 165 valence electrons. The molecule has 1 aliphatic rings. The van der Waals surface area contributed by atoms with Gasteiger partial charge in [0.15, 0.2) is 5.78 Å². The number of hydrogen-bond donors (Lipinski definition) is 1. The van der Waals surface area contributed by atoms with Crippen LogP contribution in [0.25, 0.3) is 32.9 Å². The number of carbonyl (C=O) groups excluding carboxylic acids is 1. The van der Waals surface area contributed by atoms with Crippen LogP contribution in [0.2, 0.25) is 0 Å². The van der Waals surface area contributed by atoms with Gasteiger partial charge in [-0.25, -0.2) is 0 Å². The van der Waals surface area contributed by atoms with E-state index in [0.717, 1.165) is 16.8 Å². The Labute approximate surface area is 203 Å².